The molecular formula is C23H20F2O. The lowest BCUT2D eigenvalue weighted by molar-refractivity contribution is 0.184. The third-order valence-corrected chi connectivity index (χ3v) is 4.28. The highest BCUT2D eigenvalue weighted by Gasteiger charge is 2.07. The number of rotatable bonds is 7. The van der Waals surface area contributed by atoms with Crippen LogP contribution in [0.4, 0.5) is 8.78 Å². The van der Waals surface area contributed by atoms with Gasteiger partial charge in [0.05, 0.1) is 0 Å². The number of ether oxygens (including phenoxy) is 1. The van der Waals surface area contributed by atoms with Crippen LogP contribution in [-0.2, 0) is 6.42 Å². The van der Waals surface area contributed by atoms with Gasteiger partial charge in [-0.2, -0.15) is 0 Å². The first kappa shape index (κ1) is 17.9. The van der Waals surface area contributed by atoms with Crippen molar-refractivity contribution in [3.05, 3.63) is 90.8 Å². The maximum absolute atomic E-state index is 13.9. The lowest BCUT2D eigenvalue weighted by Gasteiger charge is -2.08. The molecule has 0 saturated heterocycles. The summed E-state index contributed by atoms with van der Waals surface area (Å²) in [6, 6.07) is 20.9. The predicted molar refractivity (Wildman–Crippen MR) is 102 cm³/mol. The van der Waals surface area contributed by atoms with Crippen LogP contribution in [0.3, 0.4) is 0 Å². The molecular weight excluding hydrogens is 330 g/mol. The normalized spacial score (nSPS) is 10.5. The number of allylic oxidation sites excluding steroid dienone is 1. The highest BCUT2D eigenvalue weighted by Crippen LogP contribution is 2.28. The molecule has 0 saturated carbocycles. The fraction of sp³-hybridized carbons (Fsp3) is 0.130. The van der Waals surface area contributed by atoms with Crippen molar-refractivity contribution in [2.45, 2.75) is 12.8 Å². The Hall–Kier alpha value is -2.94. The van der Waals surface area contributed by atoms with Crippen LogP contribution in [0, 0.1) is 5.82 Å². The van der Waals surface area contributed by atoms with Crippen molar-refractivity contribution in [3.63, 3.8) is 0 Å². The van der Waals surface area contributed by atoms with Crippen molar-refractivity contribution < 1.29 is 13.5 Å². The second kappa shape index (κ2) is 8.43. The maximum atomic E-state index is 13.9. The van der Waals surface area contributed by atoms with Crippen LogP contribution in [0.15, 0.2) is 79.4 Å². The van der Waals surface area contributed by atoms with Crippen molar-refractivity contribution >= 4 is 0 Å². The van der Waals surface area contributed by atoms with Crippen molar-refractivity contribution in [1.29, 1.82) is 0 Å². The van der Waals surface area contributed by atoms with E-state index in [0.29, 0.717) is 0 Å². The summed E-state index contributed by atoms with van der Waals surface area (Å²) in [7, 11) is 0. The Bertz CT molecular complexity index is 868. The minimum absolute atomic E-state index is 0.0792. The van der Waals surface area contributed by atoms with Gasteiger partial charge in [0, 0.05) is 0 Å². The van der Waals surface area contributed by atoms with E-state index in [0.717, 1.165) is 35.1 Å². The number of aryl methyl sites for hydroxylation is 1. The molecule has 3 rings (SSSR count). The molecule has 3 heteroatoms. The van der Waals surface area contributed by atoms with Gasteiger partial charge in [-0.3, -0.25) is 0 Å². The Labute approximate surface area is 152 Å². The first-order valence-electron chi connectivity index (χ1n) is 8.50. The Kier molecular flexibility index (Phi) is 5.80. The lowest BCUT2D eigenvalue weighted by atomic mass is 9.99. The molecule has 0 bridgehead atoms. The molecule has 0 aliphatic carbocycles. The third kappa shape index (κ3) is 4.17. The van der Waals surface area contributed by atoms with Gasteiger partial charge in [-0.25, -0.2) is 8.78 Å². The summed E-state index contributed by atoms with van der Waals surface area (Å²) < 4.78 is 30.7. The van der Waals surface area contributed by atoms with E-state index in [9.17, 15) is 8.78 Å². The molecule has 0 aromatic heterocycles. The van der Waals surface area contributed by atoms with E-state index < -0.39 is 12.7 Å². The molecule has 0 atom stereocenters. The van der Waals surface area contributed by atoms with E-state index in [1.165, 1.54) is 17.7 Å². The van der Waals surface area contributed by atoms with E-state index in [1.807, 2.05) is 30.3 Å². The Morgan fingerprint density at radius 2 is 1.35 bits per heavy atom. The van der Waals surface area contributed by atoms with Crippen LogP contribution >= 0.6 is 0 Å². The first-order valence-corrected chi connectivity index (χ1v) is 8.50. The summed E-state index contributed by atoms with van der Waals surface area (Å²) in [5.74, 6) is -0.649. The van der Waals surface area contributed by atoms with Gasteiger partial charge in [0.25, 0.3) is 0 Å². The smallest absolute Gasteiger partial charge is 0.228 e. The van der Waals surface area contributed by atoms with E-state index in [1.54, 1.807) is 6.07 Å². The summed E-state index contributed by atoms with van der Waals surface area (Å²) >= 11 is 0. The van der Waals surface area contributed by atoms with Gasteiger partial charge < -0.3 is 4.74 Å². The zero-order valence-corrected chi connectivity index (χ0v) is 14.4. The minimum atomic E-state index is -1.04. The molecule has 0 spiro atoms. The van der Waals surface area contributed by atoms with Gasteiger partial charge in [0.2, 0.25) is 6.86 Å². The molecule has 0 radical (unpaired) electrons. The fourth-order valence-corrected chi connectivity index (χ4v) is 2.84. The molecule has 0 heterocycles. The van der Waals surface area contributed by atoms with Gasteiger partial charge in [-0.05, 0) is 52.8 Å². The van der Waals surface area contributed by atoms with E-state index in [2.05, 4.69) is 35.6 Å². The monoisotopic (exact) mass is 350 g/mol. The highest BCUT2D eigenvalue weighted by atomic mass is 19.1. The van der Waals surface area contributed by atoms with Gasteiger partial charge in [0.15, 0.2) is 11.6 Å². The second-order valence-corrected chi connectivity index (χ2v) is 6.00. The minimum Gasteiger partial charge on any atom is -0.460 e. The van der Waals surface area contributed by atoms with Crippen molar-refractivity contribution in [2.75, 3.05) is 6.86 Å². The molecule has 0 amide bonds. The Balaban J connectivity index is 1.78. The predicted octanol–water partition coefficient (Wildman–Crippen LogP) is 6.58. The topological polar surface area (TPSA) is 9.23 Å². The Morgan fingerprint density at radius 3 is 1.88 bits per heavy atom. The van der Waals surface area contributed by atoms with Crippen molar-refractivity contribution in [2.24, 2.45) is 0 Å². The first-order chi connectivity index (χ1) is 12.7. The number of alkyl halides is 1. The maximum Gasteiger partial charge on any atom is 0.228 e. The molecule has 0 aliphatic heterocycles. The van der Waals surface area contributed by atoms with Gasteiger partial charge >= 0.3 is 0 Å². The summed E-state index contributed by atoms with van der Waals surface area (Å²) in [4.78, 5) is 0. The molecule has 0 N–H and O–H groups in total. The van der Waals surface area contributed by atoms with Crippen molar-refractivity contribution in [1.82, 2.24) is 0 Å². The van der Waals surface area contributed by atoms with Crippen LogP contribution in [-0.4, -0.2) is 6.86 Å². The summed E-state index contributed by atoms with van der Waals surface area (Å²) in [6.07, 6.45) is 3.89. The largest absolute Gasteiger partial charge is 0.460 e. The fourth-order valence-electron chi connectivity index (χ4n) is 2.84. The third-order valence-electron chi connectivity index (χ3n) is 4.28. The molecule has 26 heavy (non-hydrogen) atoms. The summed E-state index contributed by atoms with van der Waals surface area (Å²) in [5, 5.41) is 0. The number of hydrogen-bond donors (Lipinski definition) is 0. The van der Waals surface area contributed by atoms with Crippen LogP contribution in [0.5, 0.6) is 5.75 Å². The van der Waals surface area contributed by atoms with Crippen LogP contribution < -0.4 is 4.74 Å². The van der Waals surface area contributed by atoms with Crippen molar-refractivity contribution in [3.8, 4) is 28.0 Å². The van der Waals surface area contributed by atoms with Crippen LogP contribution in [0.25, 0.3) is 22.3 Å². The zero-order chi connectivity index (χ0) is 18.4. The molecule has 132 valence electrons. The molecule has 0 unspecified atom stereocenters. The van der Waals surface area contributed by atoms with Crippen LogP contribution in [0.1, 0.15) is 12.0 Å². The molecule has 3 aromatic rings. The van der Waals surface area contributed by atoms with E-state index in [4.69, 9.17) is 0 Å². The summed E-state index contributed by atoms with van der Waals surface area (Å²) in [5.41, 5.74) is 5.14. The molecule has 0 aliphatic rings. The molecule has 1 nitrogen and oxygen atoms in total. The van der Waals surface area contributed by atoms with Gasteiger partial charge in [-0.1, -0.05) is 60.7 Å². The average Bonchev–Trinajstić information content (AvgIpc) is 2.69. The molecule has 0 fully saturated rings. The average molecular weight is 350 g/mol. The highest BCUT2D eigenvalue weighted by molar-refractivity contribution is 5.71. The summed E-state index contributed by atoms with van der Waals surface area (Å²) in [6.45, 7) is 2.70. The van der Waals surface area contributed by atoms with Crippen LogP contribution in [0.2, 0.25) is 0 Å². The Morgan fingerprint density at radius 1 is 0.808 bits per heavy atom. The second-order valence-electron chi connectivity index (χ2n) is 6.00. The standard InChI is InChI=1S/C23H20F2O/c1-2-3-4-17-5-7-18(8-6-17)19-9-11-20(12-10-19)21-13-14-23(26-16-24)22(25)15-21/h2,5-15H,1,3-4,16H2. The molecule has 3 aromatic carbocycles. The number of halogens is 2. The number of hydrogen-bond acceptors (Lipinski definition) is 1. The van der Waals surface area contributed by atoms with E-state index >= 15 is 0 Å². The quantitative estimate of drug-likeness (QED) is 0.437. The number of benzene rings is 3. The van der Waals surface area contributed by atoms with E-state index in [-0.39, 0.29) is 5.75 Å². The SMILES string of the molecule is C=CCCc1ccc(-c2ccc(-c3ccc(OCF)c(F)c3)cc2)cc1. The zero-order valence-electron chi connectivity index (χ0n) is 14.4. The lowest BCUT2D eigenvalue weighted by Crippen LogP contribution is -1.93. The van der Waals surface area contributed by atoms with Gasteiger partial charge in [-0.15, -0.1) is 6.58 Å². The van der Waals surface area contributed by atoms with Gasteiger partial charge in [0.1, 0.15) is 0 Å².